The molecule has 2 heterocycles. The predicted molar refractivity (Wildman–Crippen MR) is 76.4 cm³/mol. The lowest BCUT2D eigenvalue weighted by molar-refractivity contribution is -0.127. The summed E-state index contributed by atoms with van der Waals surface area (Å²) in [5.41, 5.74) is 1.58. The van der Waals surface area contributed by atoms with E-state index in [4.69, 9.17) is 0 Å². The lowest BCUT2D eigenvalue weighted by atomic mass is 10.1. The number of likely N-dealkylation sites (tertiary alicyclic amines) is 1. The molecule has 0 bridgehead atoms. The van der Waals surface area contributed by atoms with Crippen molar-refractivity contribution in [2.75, 3.05) is 26.7 Å². The molecule has 2 amide bonds. The number of hydrogen-bond donors (Lipinski definition) is 0. The van der Waals surface area contributed by atoms with Crippen molar-refractivity contribution in [3.8, 4) is 0 Å². The zero-order chi connectivity index (χ0) is 14.5. The number of amides is 2. The Kier molecular flexibility index (Phi) is 4.71. The third-order valence-corrected chi connectivity index (χ3v) is 3.71. The summed E-state index contributed by atoms with van der Waals surface area (Å²) >= 11 is 0. The van der Waals surface area contributed by atoms with Crippen molar-refractivity contribution in [2.45, 2.75) is 26.2 Å². The Morgan fingerprint density at radius 2 is 2.30 bits per heavy atom. The van der Waals surface area contributed by atoms with Gasteiger partial charge in [-0.2, -0.15) is 0 Å². The number of hydrogen-bond acceptors (Lipinski definition) is 3. The van der Waals surface area contributed by atoms with Gasteiger partial charge in [0.25, 0.3) is 5.91 Å². The van der Waals surface area contributed by atoms with Gasteiger partial charge in [0, 0.05) is 45.5 Å². The van der Waals surface area contributed by atoms with Crippen LogP contribution >= 0.6 is 0 Å². The second-order valence-corrected chi connectivity index (χ2v) is 5.26. The van der Waals surface area contributed by atoms with Gasteiger partial charge in [0.15, 0.2) is 0 Å². The van der Waals surface area contributed by atoms with Crippen molar-refractivity contribution in [1.29, 1.82) is 0 Å². The summed E-state index contributed by atoms with van der Waals surface area (Å²) < 4.78 is 0. The van der Waals surface area contributed by atoms with Gasteiger partial charge in [-0.1, -0.05) is 0 Å². The van der Waals surface area contributed by atoms with E-state index in [2.05, 4.69) is 4.98 Å². The fourth-order valence-corrected chi connectivity index (χ4v) is 2.43. The Balaban J connectivity index is 1.82. The zero-order valence-electron chi connectivity index (χ0n) is 12.1. The van der Waals surface area contributed by atoms with Gasteiger partial charge in [0.2, 0.25) is 5.91 Å². The molecule has 0 aromatic carbocycles. The first kappa shape index (κ1) is 14.5. The maximum absolute atomic E-state index is 12.3. The smallest absolute Gasteiger partial charge is 0.255 e. The summed E-state index contributed by atoms with van der Waals surface area (Å²) in [6.45, 7) is 4.16. The van der Waals surface area contributed by atoms with Crippen molar-refractivity contribution < 1.29 is 9.59 Å². The standard InChI is InChI=1S/C15H21N3O2/c1-12-6-7-16-11-13(12)15(20)17(2)8-4-10-18-9-3-5-14(18)19/h6-7,11H,3-5,8-10H2,1-2H3. The minimum Gasteiger partial charge on any atom is -0.343 e. The third-order valence-electron chi connectivity index (χ3n) is 3.71. The Labute approximate surface area is 119 Å². The lowest BCUT2D eigenvalue weighted by Crippen LogP contribution is -2.32. The highest BCUT2D eigenvalue weighted by atomic mass is 16.2. The normalized spacial score (nSPS) is 14.7. The molecule has 0 atom stereocenters. The van der Waals surface area contributed by atoms with Crippen LogP contribution in [0.2, 0.25) is 0 Å². The van der Waals surface area contributed by atoms with Crippen LogP contribution in [0.3, 0.4) is 0 Å². The van der Waals surface area contributed by atoms with Crippen molar-refractivity contribution in [3.63, 3.8) is 0 Å². The highest BCUT2D eigenvalue weighted by Gasteiger charge is 2.20. The molecule has 1 aliphatic rings. The molecule has 0 spiro atoms. The summed E-state index contributed by atoms with van der Waals surface area (Å²) in [7, 11) is 1.79. The molecule has 1 aromatic rings. The largest absolute Gasteiger partial charge is 0.343 e. The van der Waals surface area contributed by atoms with E-state index >= 15 is 0 Å². The molecule has 0 saturated carbocycles. The average Bonchev–Trinajstić information content (AvgIpc) is 2.84. The van der Waals surface area contributed by atoms with Gasteiger partial charge in [0.1, 0.15) is 0 Å². The quantitative estimate of drug-likeness (QED) is 0.818. The van der Waals surface area contributed by atoms with E-state index in [9.17, 15) is 9.59 Å². The van der Waals surface area contributed by atoms with E-state index in [1.165, 1.54) is 0 Å². The number of carbonyl (C=O) groups is 2. The topological polar surface area (TPSA) is 53.5 Å². The summed E-state index contributed by atoms with van der Waals surface area (Å²) in [6.07, 6.45) is 5.74. The molecule has 108 valence electrons. The molecule has 0 unspecified atom stereocenters. The molecule has 0 aliphatic carbocycles. The number of pyridine rings is 1. The van der Waals surface area contributed by atoms with Gasteiger partial charge < -0.3 is 9.80 Å². The van der Waals surface area contributed by atoms with Crippen LogP contribution in [0.1, 0.15) is 35.2 Å². The van der Waals surface area contributed by atoms with Crippen molar-refractivity contribution in [3.05, 3.63) is 29.6 Å². The van der Waals surface area contributed by atoms with Gasteiger partial charge in [-0.25, -0.2) is 0 Å². The third kappa shape index (κ3) is 3.35. The van der Waals surface area contributed by atoms with E-state index in [0.29, 0.717) is 18.5 Å². The maximum atomic E-state index is 12.3. The van der Waals surface area contributed by atoms with Crippen molar-refractivity contribution in [1.82, 2.24) is 14.8 Å². The second kappa shape index (κ2) is 6.50. The van der Waals surface area contributed by atoms with E-state index in [1.807, 2.05) is 17.9 Å². The van der Waals surface area contributed by atoms with Gasteiger partial charge in [-0.15, -0.1) is 0 Å². The molecule has 1 aromatic heterocycles. The Morgan fingerprint density at radius 1 is 1.50 bits per heavy atom. The van der Waals surface area contributed by atoms with Crippen LogP contribution in [0.25, 0.3) is 0 Å². The molecule has 20 heavy (non-hydrogen) atoms. The van der Waals surface area contributed by atoms with Crippen LogP contribution in [0.15, 0.2) is 18.5 Å². The van der Waals surface area contributed by atoms with Crippen LogP contribution in [-0.4, -0.2) is 53.3 Å². The van der Waals surface area contributed by atoms with Crippen molar-refractivity contribution in [2.24, 2.45) is 0 Å². The molecule has 0 radical (unpaired) electrons. The van der Waals surface area contributed by atoms with Crippen molar-refractivity contribution >= 4 is 11.8 Å². The van der Waals surface area contributed by atoms with Crippen LogP contribution in [-0.2, 0) is 4.79 Å². The Hall–Kier alpha value is -1.91. The van der Waals surface area contributed by atoms with E-state index < -0.39 is 0 Å². The van der Waals surface area contributed by atoms with Crippen LogP contribution < -0.4 is 0 Å². The number of nitrogens with zero attached hydrogens (tertiary/aromatic N) is 3. The van der Waals surface area contributed by atoms with E-state index in [-0.39, 0.29) is 11.8 Å². The molecule has 5 heteroatoms. The average molecular weight is 275 g/mol. The number of carbonyl (C=O) groups excluding carboxylic acids is 2. The maximum Gasteiger partial charge on any atom is 0.255 e. The van der Waals surface area contributed by atoms with E-state index in [1.54, 1.807) is 24.3 Å². The minimum atomic E-state index is -0.0108. The molecule has 1 fully saturated rings. The summed E-state index contributed by atoms with van der Waals surface area (Å²) in [4.78, 5) is 31.3. The van der Waals surface area contributed by atoms with Gasteiger partial charge in [0.05, 0.1) is 5.56 Å². The zero-order valence-corrected chi connectivity index (χ0v) is 12.1. The van der Waals surface area contributed by atoms with Gasteiger partial charge in [-0.05, 0) is 31.4 Å². The molecule has 5 nitrogen and oxygen atoms in total. The van der Waals surface area contributed by atoms with Gasteiger partial charge >= 0.3 is 0 Å². The lowest BCUT2D eigenvalue weighted by Gasteiger charge is -2.20. The number of aryl methyl sites for hydroxylation is 1. The number of rotatable bonds is 5. The van der Waals surface area contributed by atoms with Crippen LogP contribution in [0, 0.1) is 6.92 Å². The van der Waals surface area contributed by atoms with Crippen LogP contribution in [0.4, 0.5) is 0 Å². The fraction of sp³-hybridized carbons (Fsp3) is 0.533. The first-order valence-corrected chi connectivity index (χ1v) is 7.03. The number of aromatic nitrogens is 1. The molecule has 1 aliphatic heterocycles. The highest BCUT2D eigenvalue weighted by Crippen LogP contribution is 2.11. The summed E-state index contributed by atoms with van der Waals surface area (Å²) in [5, 5.41) is 0. The van der Waals surface area contributed by atoms with Gasteiger partial charge in [-0.3, -0.25) is 14.6 Å². The SMILES string of the molecule is Cc1ccncc1C(=O)N(C)CCCN1CCCC1=O. The first-order chi connectivity index (χ1) is 9.59. The predicted octanol–water partition coefficient (Wildman–Crippen LogP) is 1.47. The Bertz CT molecular complexity index is 502. The highest BCUT2D eigenvalue weighted by molar-refractivity contribution is 5.95. The summed E-state index contributed by atoms with van der Waals surface area (Å²) in [6, 6.07) is 1.84. The van der Waals surface area contributed by atoms with Crippen LogP contribution in [0.5, 0.6) is 0 Å². The molecular formula is C15H21N3O2. The van der Waals surface area contributed by atoms with E-state index in [0.717, 1.165) is 31.5 Å². The monoisotopic (exact) mass is 275 g/mol. The fourth-order valence-electron chi connectivity index (χ4n) is 2.43. The first-order valence-electron chi connectivity index (χ1n) is 7.03. The Morgan fingerprint density at radius 3 is 2.95 bits per heavy atom. The minimum absolute atomic E-state index is 0.0108. The molecule has 1 saturated heterocycles. The summed E-state index contributed by atoms with van der Waals surface area (Å²) in [5.74, 6) is 0.227. The molecule has 0 N–H and O–H groups in total. The second-order valence-electron chi connectivity index (χ2n) is 5.26. The molecular weight excluding hydrogens is 254 g/mol. The molecule has 2 rings (SSSR count).